The molecular weight excluding hydrogens is 218 g/mol. The summed E-state index contributed by atoms with van der Waals surface area (Å²) in [4.78, 5) is 2.61. The molecule has 0 N–H and O–H groups in total. The van der Waals surface area contributed by atoms with Crippen LogP contribution in [-0.4, -0.2) is 24.5 Å². The van der Waals surface area contributed by atoms with Gasteiger partial charge in [0.1, 0.15) is 0 Å². The molecule has 0 unspecified atom stereocenters. The molecule has 0 aliphatic rings. The van der Waals surface area contributed by atoms with Crippen LogP contribution in [0.5, 0.6) is 0 Å². The zero-order valence-electron chi connectivity index (χ0n) is 13.0. The maximum Gasteiger partial charge on any atom is 0.0190 e. The van der Waals surface area contributed by atoms with E-state index >= 15 is 0 Å². The maximum atomic E-state index is 3.87. The highest BCUT2D eigenvalue weighted by Crippen LogP contribution is 2.07. The van der Waals surface area contributed by atoms with E-state index in [-0.39, 0.29) is 0 Å². The number of unbranched alkanes of at least 4 members (excludes halogenated alkanes) is 6. The van der Waals surface area contributed by atoms with Gasteiger partial charge in [0.05, 0.1) is 0 Å². The fourth-order valence-electron chi connectivity index (χ4n) is 2.21. The Morgan fingerprint density at radius 3 is 1.78 bits per heavy atom. The van der Waals surface area contributed by atoms with E-state index in [2.05, 4.69) is 32.6 Å². The Morgan fingerprint density at radius 2 is 1.39 bits per heavy atom. The van der Waals surface area contributed by atoms with Crippen LogP contribution in [0.15, 0.2) is 11.6 Å². The lowest BCUT2D eigenvalue weighted by molar-refractivity contribution is 0.281. The van der Waals surface area contributed by atoms with Crippen LogP contribution in [0.2, 0.25) is 0 Å². The highest BCUT2D eigenvalue weighted by molar-refractivity contribution is 5.02. The lowest BCUT2D eigenvalue weighted by atomic mass is 10.1. The highest BCUT2D eigenvalue weighted by Gasteiger charge is 2.04. The molecule has 0 aromatic rings. The molecule has 1 nitrogen and oxygen atoms in total. The minimum atomic E-state index is 1.11. The first kappa shape index (κ1) is 17.7. The van der Waals surface area contributed by atoms with E-state index in [1.54, 1.807) is 0 Å². The molecule has 1 radical (unpaired) electrons. The van der Waals surface area contributed by atoms with Crippen LogP contribution in [0.3, 0.4) is 0 Å². The second-order valence-corrected chi connectivity index (χ2v) is 5.45. The zero-order chi connectivity index (χ0) is 13.6. The lowest BCUT2D eigenvalue weighted by Gasteiger charge is -2.22. The van der Waals surface area contributed by atoms with E-state index in [0.717, 1.165) is 6.54 Å². The smallest absolute Gasteiger partial charge is 0.0190 e. The van der Waals surface area contributed by atoms with Crippen LogP contribution in [0.25, 0.3) is 0 Å². The Bertz CT molecular complexity index is 184. The van der Waals surface area contributed by atoms with Crippen molar-refractivity contribution in [3.8, 4) is 0 Å². The molecule has 0 aliphatic carbocycles. The Balaban J connectivity index is 3.84. The average Bonchev–Trinajstić information content (AvgIpc) is 2.39. The van der Waals surface area contributed by atoms with Gasteiger partial charge in [0.2, 0.25) is 0 Å². The van der Waals surface area contributed by atoms with Gasteiger partial charge in [-0.3, -0.25) is 4.90 Å². The van der Waals surface area contributed by atoms with Gasteiger partial charge >= 0.3 is 0 Å². The summed E-state index contributed by atoms with van der Waals surface area (Å²) in [6.07, 6.45) is 12.9. The molecular formula is C17H34N. The minimum Gasteiger partial charge on any atom is -0.299 e. The van der Waals surface area contributed by atoms with Crippen LogP contribution < -0.4 is 0 Å². The van der Waals surface area contributed by atoms with Crippen LogP contribution in [0.4, 0.5) is 0 Å². The van der Waals surface area contributed by atoms with Crippen molar-refractivity contribution in [3.05, 3.63) is 18.6 Å². The van der Waals surface area contributed by atoms with E-state index in [0.29, 0.717) is 0 Å². The van der Waals surface area contributed by atoms with Crippen LogP contribution in [-0.2, 0) is 0 Å². The third-order valence-electron chi connectivity index (χ3n) is 3.48. The quantitative estimate of drug-likeness (QED) is 0.430. The van der Waals surface area contributed by atoms with Gasteiger partial charge in [-0.25, -0.2) is 0 Å². The lowest BCUT2D eigenvalue weighted by Crippen LogP contribution is -2.28. The molecule has 0 heterocycles. The van der Waals surface area contributed by atoms with Gasteiger partial charge in [0.25, 0.3) is 0 Å². The fourth-order valence-corrected chi connectivity index (χ4v) is 2.21. The molecule has 0 aromatic carbocycles. The fraction of sp³-hybridized carbons (Fsp3) is 0.824. The normalized spacial score (nSPS) is 12.4. The van der Waals surface area contributed by atoms with E-state index < -0.39 is 0 Å². The first-order valence-corrected chi connectivity index (χ1v) is 7.91. The Hall–Kier alpha value is -0.300. The molecule has 0 spiro atoms. The average molecular weight is 252 g/mol. The van der Waals surface area contributed by atoms with Gasteiger partial charge in [-0.1, -0.05) is 64.0 Å². The van der Waals surface area contributed by atoms with Crippen molar-refractivity contribution in [2.24, 2.45) is 0 Å². The zero-order valence-corrected chi connectivity index (χ0v) is 13.0. The van der Waals surface area contributed by atoms with Gasteiger partial charge in [-0.05, 0) is 39.8 Å². The van der Waals surface area contributed by atoms with Crippen molar-refractivity contribution in [3.63, 3.8) is 0 Å². The molecule has 1 heteroatoms. The molecule has 18 heavy (non-hydrogen) atoms. The minimum absolute atomic E-state index is 1.11. The van der Waals surface area contributed by atoms with Crippen LogP contribution in [0, 0.1) is 6.92 Å². The van der Waals surface area contributed by atoms with Gasteiger partial charge in [0, 0.05) is 6.54 Å². The molecule has 0 bridgehead atoms. The second-order valence-electron chi connectivity index (χ2n) is 5.45. The van der Waals surface area contributed by atoms with Crippen molar-refractivity contribution in [2.75, 3.05) is 19.6 Å². The topological polar surface area (TPSA) is 3.24 Å². The van der Waals surface area contributed by atoms with Gasteiger partial charge in [0.15, 0.2) is 0 Å². The van der Waals surface area contributed by atoms with E-state index in [9.17, 15) is 0 Å². The molecule has 0 rings (SSSR count). The summed E-state index contributed by atoms with van der Waals surface area (Å²) >= 11 is 0. The van der Waals surface area contributed by atoms with Crippen molar-refractivity contribution in [1.29, 1.82) is 0 Å². The number of rotatable bonds is 12. The number of nitrogens with zero attached hydrogens (tertiary/aromatic N) is 1. The summed E-state index contributed by atoms with van der Waals surface area (Å²) in [5.41, 5.74) is 1.40. The van der Waals surface area contributed by atoms with Crippen LogP contribution in [0.1, 0.15) is 72.1 Å². The number of hydrogen-bond acceptors (Lipinski definition) is 1. The van der Waals surface area contributed by atoms with Crippen molar-refractivity contribution in [1.82, 2.24) is 4.90 Å². The summed E-state index contributed by atoms with van der Waals surface area (Å²) < 4.78 is 0. The molecule has 0 atom stereocenters. The summed E-state index contributed by atoms with van der Waals surface area (Å²) in [5.74, 6) is 0. The Morgan fingerprint density at radius 1 is 0.889 bits per heavy atom. The Kier molecular flexibility index (Phi) is 12.9. The number of hydrogen-bond donors (Lipinski definition) is 0. The molecule has 0 saturated carbocycles. The summed E-state index contributed by atoms with van der Waals surface area (Å²) in [6, 6.07) is 0. The van der Waals surface area contributed by atoms with Crippen molar-refractivity contribution >= 4 is 0 Å². The highest BCUT2D eigenvalue weighted by atomic mass is 15.1. The molecule has 0 amide bonds. The summed E-state index contributed by atoms with van der Waals surface area (Å²) in [6.45, 7) is 14.2. The summed E-state index contributed by atoms with van der Waals surface area (Å²) in [5, 5.41) is 0. The largest absolute Gasteiger partial charge is 0.299 e. The van der Waals surface area contributed by atoms with Crippen LogP contribution >= 0.6 is 0 Å². The first-order valence-electron chi connectivity index (χ1n) is 7.91. The SMILES string of the molecule is [CH2]C=C(C)CN(CCCCCC)CCCCCC. The van der Waals surface area contributed by atoms with Gasteiger partial charge in [-0.15, -0.1) is 0 Å². The maximum absolute atomic E-state index is 3.87. The van der Waals surface area contributed by atoms with Crippen molar-refractivity contribution in [2.45, 2.75) is 72.1 Å². The molecule has 0 aromatic heterocycles. The second kappa shape index (κ2) is 13.1. The summed E-state index contributed by atoms with van der Waals surface area (Å²) in [7, 11) is 0. The number of allylic oxidation sites excluding steroid dienone is 1. The standard InChI is InChI=1S/C17H34N/c1-5-8-10-12-14-18(16-17(4)7-3)15-13-11-9-6-2/h7H,3,5-6,8-16H2,1-2,4H3. The first-order chi connectivity index (χ1) is 8.74. The van der Waals surface area contributed by atoms with Gasteiger partial charge < -0.3 is 0 Å². The predicted molar refractivity (Wildman–Crippen MR) is 83.8 cm³/mol. The monoisotopic (exact) mass is 252 g/mol. The molecule has 0 aliphatic heterocycles. The van der Waals surface area contributed by atoms with Gasteiger partial charge in [-0.2, -0.15) is 0 Å². The third-order valence-corrected chi connectivity index (χ3v) is 3.48. The molecule has 107 valence electrons. The predicted octanol–water partition coefficient (Wildman–Crippen LogP) is 5.23. The third kappa shape index (κ3) is 10.8. The molecule has 0 saturated heterocycles. The van der Waals surface area contributed by atoms with E-state index in [1.807, 2.05) is 6.08 Å². The van der Waals surface area contributed by atoms with E-state index in [4.69, 9.17) is 0 Å². The van der Waals surface area contributed by atoms with E-state index in [1.165, 1.54) is 70.0 Å². The molecule has 0 fully saturated rings. The Labute approximate surface area is 116 Å². The van der Waals surface area contributed by atoms with Crippen molar-refractivity contribution < 1.29 is 0 Å².